The van der Waals surface area contributed by atoms with Crippen LogP contribution in [-0.2, 0) is 38.8 Å². The van der Waals surface area contributed by atoms with Crippen molar-refractivity contribution in [3.63, 3.8) is 0 Å². The fourth-order valence-corrected chi connectivity index (χ4v) is 8.03. The van der Waals surface area contributed by atoms with E-state index in [9.17, 15) is 28.9 Å². The quantitative estimate of drug-likeness (QED) is 0.111. The van der Waals surface area contributed by atoms with E-state index in [1.165, 1.54) is 22.7 Å². The number of aliphatic hydroxyl groups excluding tert-OH is 1. The topological polar surface area (TPSA) is 250 Å². The van der Waals surface area contributed by atoms with Gasteiger partial charge in [0.05, 0.1) is 19.0 Å². The molecule has 2 aromatic rings. The number of fused-ring (bicyclic) bond motifs is 1. The van der Waals surface area contributed by atoms with E-state index < -0.39 is 47.4 Å². The van der Waals surface area contributed by atoms with Crippen molar-refractivity contribution < 1.29 is 51.7 Å². The first-order chi connectivity index (χ1) is 17.2. The van der Waals surface area contributed by atoms with Crippen LogP contribution in [0.3, 0.4) is 0 Å². The maximum atomic E-state index is 12.1. The largest absolute Gasteiger partial charge is 0.779 e. The molecule has 3 heterocycles. The number of imidazole rings is 1. The third-order valence-electron chi connectivity index (χ3n) is 4.97. The Labute approximate surface area is 221 Å². The second kappa shape index (κ2) is 12.7. The fraction of sp³-hybridized carbons (Fsp3) is 0.688. The summed E-state index contributed by atoms with van der Waals surface area (Å²) in [6.07, 6.45) is 2.69. The number of nitrogen functional groups attached to an aromatic ring is 1. The molecular weight excluding hydrogens is 595 g/mol. The number of aliphatic hydroxyl groups is 1. The average molecular weight is 620 g/mol. The van der Waals surface area contributed by atoms with E-state index in [1.807, 2.05) is 0 Å². The number of aromatic nitrogens is 4. The molecule has 210 valence electrons. The SMILES string of the molecule is CCCCCCSc1nc(N)c2ncn([C@H]3C[C@H](O)[C@@H](COP([O-])(=S)OP(=O)([O-])OP(=O)([O-])O)O3)c2n1. The maximum absolute atomic E-state index is 12.1. The number of hydrogen-bond donors (Lipinski definition) is 3. The van der Waals surface area contributed by atoms with Gasteiger partial charge in [0.1, 0.15) is 24.6 Å². The van der Waals surface area contributed by atoms with Gasteiger partial charge in [-0.15, -0.1) is 0 Å². The third kappa shape index (κ3) is 9.26. The Kier molecular flexibility index (Phi) is 10.7. The van der Waals surface area contributed by atoms with Crippen molar-refractivity contribution in [1.29, 1.82) is 0 Å². The number of hydrogen-bond acceptors (Lipinski definition) is 16. The van der Waals surface area contributed by atoms with E-state index in [0.717, 1.165) is 31.4 Å². The van der Waals surface area contributed by atoms with Gasteiger partial charge in [-0.1, -0.05) is 49.8 Å². The van der Waals surface area contributed by atoms with Gasteiger partial charge in [0.15, 0.2) is 16.6 Å². The molecule has 0 aromatic carbocycles. The summed E-state index contributed by atoms with van der Waals surface area (Å²) in [4.78, 5) is 55.6. The monoisotopic (exact) mass is 620 g/mol. The van der Waals surface area contributed by atoms with Gasteiger partial charge in [-0.3, -0.25) is 18.0 Å². The molecule has 1 fully saturated rings. The highest BCUT2D eigenvalue weighted by molar-refractivity contribution is 8.07. The summed E-state index contributed by atoms with van der Waals surface area (Å²) in [5, 5.41) is 10.9. The molecule has 0 radical (unpaired) electrons. The summed E-state index contributed by atoms with van der Waals surface area (Å²) in [6, 6.07) is 0. The summed E-state index contributed by atoms with van der Waals surface area (Å²) in [5.74, 6) is 0.990. The van der Waals surface area contributed by atoms with E-state index in [4.69, 9.17) is 19.9 Å². The third-order valence-corrected chi connectivity index (χ3v) is 10.5. The lowest BCUT2D eigenvalue weighted by molar-refractivity contribution is -0.244. The van der Waals surface area contributed by atoms with Crippen molar-refractivity contribution in [2.75, 3.05) is 18.1 Å². The highest BCUT2D eigenvalue weighted by Crippen LogP contribution is 2.61. The van der Waals surface area contributed by atoms with Crippen molar-refractivity contribution in [3.8, 4) is 0 Å². The van der Waals surface area contributed by atoms with Crippen molar-refractivity contribution in [2.45, 2.75) is 62.6 Å². The van der Waals surface area contributed by atoms with Crippen LogP contribution in [0.15, 0.2) is 11.5 Å². The average Bonchev–Trinajstić information content (AvgIpc) is 3.33. The molecule has 0 saturated carbocycles. The molecule has 1 saturated heterocycles. The van der Waals surface area contributed by atoms with Gasteiger partial charge in [-0.2, -0.15) is 0 Å². The van der Waals surface area contributed by atoms with Crippen LogP contribution in [0.5, 0.6) is 0 Å². The summed E-state index contributed by atoms with van der Waals surface area (Å²) >= 11 is 5.87. The zero-order valence-electron chi connectivity index (χ0n) is 19.4. The molecule has 0 bridgehead atoms. The number of nitrogens with two attached hydrogens (primary N) is 1. The summed E-state index contributed by atoms with van der Waals surface area (Å²) in [7, 11) is -11.6. The molecule has 21 heteroatoms. The van der Waals surface area contributed by atoms with Gasteiger partial charge < -0.3 is 39.7 Å². The van der Waals surface area contributed by atoms with Gasteiger partial charge in [0, 0.05) is 12.2 Å². The Morgan fingerprint density at radius 3 is 2.68 bits per heavy atom. The van der Waals surface area contributed by atoms with Crippen molar-refractivity contribution >= 4 is 62.9 Å². The van der Waals surface area contributed by atoms with E-state index in [1.54, 1.807) is 0 Å². The van der Waals surface area contributed by atoms with Crippen LogP contribution in [0.25, 0.3) is 11.2 Å². The van der Waals surface area contributed by atoms with Crippen LogP contribution < -0.4 is 20.4 Å². The molecule has 37 heavy (non-hydrogen) atoms. The zero-order valence-corrected chi connectivity index (χ0v) is 23.7. The van der Waals surface area contributed by atoms with Gasteiger partial charge in [-0.05, 0) is 6.42 Å². The smallest absolute Gasteiger partial charge is 0.279 e. The lowest BCUT2D eigenvalue weighted by atomic mass is 10.2. The van der Waals surface area contributed by atoms with Crippen LogP contribution in [0.2, 0.25) is 0 Å². The number of thioether (sulfide) groups is 1. The number of phosphoric acid groups is 2. The van der Waals surface area contributed by atoms with Crippen LogP contribution >= 0.6 is 34.1 Å². The van der Waals surface area contributed by atoms with Gasteiger partial charge >= 0.3 is 0 Å². The molecule has 1 aliphatic rings. The molecular formula is C16H25N5O11P3S2-3. The van der Waals surface area contributed by atoms with E-state index in [2.05, 4.69) is 42.3 Å². The first-order valence-corrected chi connectivity index (χ1v) is 17.4. The van der Waals surface area contributed by atoms with Crippen LogP contribution in [0, 0.1) is 0 Å². The molecule has 0 spiro atoms. The molecule has 0 amide bonds. The first kappa shape index (κ1) is 31.0. The van der Waals surface area contributed by atoms with Gasteiger partial charge in [0.25, 0.3) is 15.6 Å². The van der Waals surface area contributed by atoms with E-state index in [0.29, 0.717) is 16.3 Å². The van der Waals surface area contributed by atoms with Crippen molar-refractivity contribution in [3.05, 3.63) is 6.33 Å². The Bertz CT molecular complexity index is 1230. The Morgan fingerprint density at radius 2 is 2.00 bits per heavy atom. The van der Waals surface area contributed by atoms with E-state index >= 15 is 0 Å². The number of rotatable bonds is 14. The number of nitrogens with zero attached hydrogens (tertiary/aromatic N) is 4. The summed E-state index contributed by atoms with van der Waals surface area (Å²) in [6.45, 7) is -3.43. The summed E-state index contributed by atoms with van der Waals surface area (Å²) in [5.41, 5.74) is 6.75. The van der Waals surface area contributed by atoms with Crippen LogP contribution in [-0.4, -0.2) is 54.1 Å². The van der Waals surface area contributed by atoms with Gasteiger partial charge in [-0.25, -0.2) is 19.3 Å². The zero-order chi connectivity index (χ0) is 27.4. The Balaban J connectivity index is 1.65. The molecule has 0 aliphatic carbocycles. The predicted octanol–water partition coefficient (Wildman–Crippen LogP) is 0.293. The molecule has 3 rings (SSSR count). The highest BCUT2D eigenvalue weighted by atomic mass is 32.5. The minimum Gasteiger partial charge on any atom is -0.779 e. The molecule has 3 unspecified atom stereocenters. The molecule has 1 aliphatic heterocycles. The lowest BCUT2D eigenvalue weighted by Gasteiger charge is -2.35. The molecule has 16 nitrogen and oxygen atoms in total. The molecule has 2 aromatic heterocycles. The number of unbranched alkanes of at least 4 members (excludes halogenated alkanes) is 3. The standard InChI is InChI=1S/C16H28N5O11P3S2/c1-2-3-4-5-6-37-16-19-14(17)13-15(20-16)21(9-18-13)12-7-10(22)11(30-12)8-29-35(28,36)32-34(26,27)31-33(23,24)25/h9-12,22H,2-8H2,1H3,(H,26,27)(H,28,36)(H2,17,19,20)(H2,23,24,25)/p-3/t10-,11+,12+,35?/m0/s1. The van der Waals surface area contributed by atoms with Crippen molar-refractivity contribution in [2.24, 2.45) is 0 Å². The number of ether oxygens (including phenoxy) is 1. The number of anilines is 1. The first-order valence-electron chi connectivity index (χ1n) is 10.9. The van der Waals surface area contributed by atoms with Crippen molar-refractivity contribution in [1.82, 2.24) is 19.5 Å². The van der Waals surface area contributed by atoms with Crippen LogP contribution in [0.1, 0.15) is 45.3 Å². The molecule has 4 N–H and O–H groups in total. The minimum absolute atomic E-state index is 0.0263. The predicted molar refractivity (Wildman–Crippen MR) is 129 cm³/mol. The Hall–Kier alpha value is -0.550. The Morgan fingerprint density at radius 1 is 1.27 bits per heavy atom. The summed E-state index contributed by atoms with van der Waals surface area (Å²) < 4.78 is 41.3. The van der Waals surface area contributed by atoms with E-state index in [-0.39, 0.29) is 12.2 Å². The maximum Gasteiger partial charge on any atom is 0.279 e. The second-order valence-electron chi connectivity index (χ2n) is 7.88. The van der Waals surface area contributed by atoms with Gasteiger partial charge in [0.2, 0.25) is 0 Å². The lowest BCUT2D eigenvalue weighted by Crippen LogP contribution is -2.27. The minimum atomic E-state index is -5.83. The highest BCUT2D eigenvalue weighted by Gasteiger charge is 2.37. The second-order valence-corrected chi connectivity index (χ2v) is 14.6. The fourth-order valence-electron chi connectivity index (χ4n) is 3.37. The normalized spacial score (nSPS) is 25.1. The molecule has 6 atom stereocenters. The van der Waals surface area contributed by atoms with Crippen LogP contribution in [0.4, 0.5) is 5.82 Å².